The molecule has 0 radical (unpaired) electrons. The van der Waals surface area contributed by atoms with E-state index in [9.17, 15) is 13.2 Å². The zero-order chi connectivity index (χ0) is 15.3. The Morgan fingerprint density at radius 1 is 1.35 bits per heavy atom. The van der Waals surface area contributed by atoms with E-state index in [-0.39, 0.29) is 27.9 Å². The summed E-state index contributed by atoms with van der Waals surface area (Å²) in [6.45, 7) is 1.93. The van der Waals surface area contributed by atoms with Crippen molar-refractivity contribution in [3.05, 3.63) is 27.7 Å². The van der Waals surface area contributed by atoms with Gasteiger partial charge in [-0.1, -0.05) is 30.1 Å². The molecule has 1 aromatic rings. The average Bonchev–Trinajstić information content (AvgIpc) is 2.33. The fraction of sp³-hybridized carbons (Fsp3) is 0.364. The highest BCUT2D eigenvalue weighted by Gasteiger charge is 2.15. The summed E-state index contributed by atoms with van der Waals surface area (Å²) in [6.07, 6.45) is 0. The topological polar surface area (TPSA) is 101 Å². The van der Waals surface area contributed by atoms with Crippen LogP contribution in [0.5, 0.6) is 0 Å². The molecule has 20 heavy (non-hydrogen) atoms. The highest BCUT2D eigenvalue weighted by Crippen LogP contribution is 2.28. The maximum absolute atomic E-state index is 11.9. The number of carbonyl (C=O) groups is 1. The zero-order valence-electron chi connectivity index (χ0n) is 10.7. The molecule has 1 amide bonds. The van der Waals surface area contributed by atoms with Gasteiger partial charge in [-0.3, -0.25) is 4.79 Å². The number of halogens is 2. The van der Waals surface area contributed by atoms with Crippen LogP contribution >= 0.6 is 23.2 Å². The minimum atomic E-state index is -3.38. The number of hydrogen-bond acceptors (Lipinski definition) is 4. The van der Waals surface area contributed by atoms with Crippen LogP contribution in [0.15, 0.2) is 12.1 Å². The molecular weight excluding hydrogens is 325 g/mol. The molecule has 0 fully saturated rings. The molecule has 112 valence electrons. The lowest BCUT2D eigenvalue weighted by atomic mass is 10.2. The number of sulfonamides is 1. The third-order valence-electron chi connectivity index (χ3n) is 2.32. The van der Waals surface area contributed by atoms with Crippen molar-refractivity contribution in [3.63, 3.8) is 0 Å². The van der Waals surface area contributed by atoms with Crippen LogP contribution in [0, 0.1) is 0 Å². The number of nitrogen functional groups attached to an aromatic ring is 1. The largest absolute Gasteiger partial charge is 0.399 e. The fourth-order valence-corrected chi connectivity index (χ4v) is 2.84. The molecule has 1 rings (SSSR count). The predicted octanol–water partition coefficient (Wildman–Crippen LogP) is 1.24. The van der Waals surface area contributed by atoms with Gasteiger partial charge < -0.3 is 11.1 Å². The van der Waals surface area contributed by atoms with E-state index in [4.69, 9.17) is 28.9 Å². The van der Waals surface area contributed by atoms with Crippen LogP contribution in [-0.2, 0) is 10.0 Å². The molecule has 4 N–H and O–H groups in total. The Bertz CT molecular complexity index is 605. The summed E-state index contributed by atoms with van der Waals surface area (Å²) in [5, 5.41) is 2.69. The van der Waals surface area contributed by atoms with Gasteiger partial charge in [0.2, 0.25) is 10.0 Å². The molecule has 0 aliphatic heterocycles. The number of anilines is 1. The molecule has 0 heterocycles. The third kappa shape index (κ3) is 4.82. The van der Waals surface area contributed by atoms with Crippen LogP contribution in [0.4, 0.5) is 5.69 Å². The molecule has 0 unspecified atom stereocenters. The molecule has 0 aliphatic rings. The Labute approximate surface area is 127 Å². The van der Waals surface area contributed by atoms with Gasteiger partial charge in [-0.15, -0.1) is 0 Å². The van der Waals surface area contributed by atoms with Crippen molar-refractivity contribution in [1.29, 1.82) is 0 Å². The van der Waals surface area contributed by atoms with Gasteiger partial charge in [-0.2, -0.15) is 0 Å². The quantitative estimate of drug-likeness (QED) is 0.678. The maximum atomic E-state index is 11.9. The van der Waals surface area contributed by atoms with Crippen LogP contribution in [0.25, 0.3) is 0 Å². The van der Waals surface area contributed by atoms with Crippen LogP contribution in [0.3, 0.4) is 0 Å². The summed E-state index contributed by atoms with van der Waals surface area (Å²) < 4.78 is 25.1. The first-order valence-corrected chi connectivity index (χ1v) is 8.17. The second kappa shape index (κ2) is 7.12. The van der Waals surface area contributed by atoms with Crippen molar-refractivity contribution in [2.24, 2.45) is 0 Å². The van der Waals surface area contributed by atoms with Gasteiger partial charge in [0.15, 0.2) is 0 Å². The monoisotopic (exact) mass is 339 g/mol. The molecule has 0 atom stereocenters. The van der Waals surface area contributed by atoms with Crippen LogP contribution < -0.4 is 15.8 Å². The van der Waals surface area contributed by atoms with Crippen LogP contribution in [0.2, 0.25) is 10.0 Å². The van der Waals surface area contributed by atoms with Gasteiger partial charge in [-0.25, -0.2) is 13.1 Å². The Balaban J connectivity index is 2.69. The zero-order valence-corrected chi connectivity index (χ0v) is 13.1. The lowest BCUT2D eigenvalue weighted by Crippen LogP contribution is -2.34. The van der Waals surface area contributed by atoms with Gasteiger partial charge in [-0.05, 0) is 12.1 Å². The summed E-state index contributed by atoms with van der Waals surface area (Å²) in [7, 11) is -3.38. The van der Waals surface area contributed by atoms with Crippen molar-refractivity contribution in [3.8, 4) is 0 Å². The van der Waals surface area contributed by atoms with Crippen molar-refractivity contribution in [1.82, 2.24) is 10.0 Å². The van der Waals surface area contributed by atoms with Crippen LogP contribution in [0.1, 0.15) is 17.3 Å². The van der Waals surface area contributed by atoms with Gasteiger partial charge >= 0.3 is 0 Å². The van der Waals surface area contributed by atoms with Gasteiger partial charge in [0.25, 0.3) is 5.91 Å². The van der Waals surface area contributed by atoms with E-state index in [0.29, 0.717) is 12.2 Å². The van der Waals surface area contributed by atoms with Crippen LogP contribution in [-0.4, -0.2) is 33.2 Å². The normalized spacial score (nSPS) is 11.3. The minimum Gasteiger partial charge on any atom is -0.399 e. The maximum Gasteiger partial charge on any atom is 0.252 e. The molecule has 0 bridgehead atoms. The predicted molar refractivity (Wildman–Crippen MR) is 80.7 cm³/mol. The fourth-order valence-electron chi connectivity index (χ4n) is 1.46. The van der Waals surface area contributed by atoms with Gasteiger partial charge in [0, 0.05) is 18.8 Å². The Morgan fingerprint density at radius 3 is 2.60 bits per heavy atom. The summed E-state index contributed by atoms with van der Waals surface area (Å²) in [5.74, 6) is -0.754. The number of nitrogens with two attached hydrogens (primary N) is 1. The standard InChI is InChI=1S/C11H15Cl2N3O3S/c1-2-16-20(18,19)4-3-15-11(17)8-5-7(14)6-9(12)10(8)13/h5-6,16H,2-4,14H2,1H3,(H,15,17). The number of rotatable bonds is 6. The minimum absolute atomic E-state index is 0.0447. The van der Waals surface area contributed by atoms with Crippen molar-refractivity contribution in [2.75, 3.05) is 24.6 Å². The lowest BCUT2D eigenvalue weighted by molar-refractivity contribution is 0.0956. The highest BCUT2D eigenvalue weighted by atomic mass is 35.5. The highest BCUT2D eigenvalue weighted by molar-refractivity contribution is 7.89. The summed E-state index contributed by atoms with van der Waals surface area (Å²) >= 11 is 11.7. The average molecular weight is 340 g/mol. The molecule has 9 heteroatoms. The second-order valence-corrected chi connectivity index (χ2v) is 6.65. The summed E-state index contributed by atoms with van der Waals surface area (Å²) in [4.78, 5) is 11.9. The summed E-state index contributed by atoms with van der Waals surface area (Å²) in [5.41, 5.74) is 5.98. The molecule has 6 nitrogen and oxygen atoms in total. The second-order valence-electron chi connectivity index (χ2n) is 3.94. The van der Waals surface area contributed by atoms with E-state index in [1.54, 1.807) is 6.92 Å². The first-order valence-electron chi connectivity index (χ1n) is 5.77. The SMILES string of the molecule is CCNS(=O)(=O)CCNC(=O)c1cc(N)cc(Cl)c1Cl. The molecule has 1 aromatic carbocycles. The molecule has 0 saturated heterocycles. The molecule has 0 spiro atoms. The number of benzene rings is 1. The first-order chi connectivity index (χ1) is 9.26. The van der Waals surface area contributed by atoms with Gasteiger partial charge in [0.05, 0.1) is 21.4 Å². The first kappa shape index (κ1) is 17.0. The van der Waals surface area contributed by atoms with E-state index < -0.39 is 15.9 Å². The number of amides is 1. The van der Waals surface area contributed by atoms with E-state index in [0.717, 1.165) is 0 Å². The Hall–Kier alpha value is -1.02. The molecule has 0 aliphatic carbocycles. The van der Waals surface area contributed by atoms with Crippen molar-refractivity contribution >= 4 is 44.8 Å². The van der Waals surface area contributed by atoms with E-state index in [1.807, 2.05) is 0 Å². The number of nitrogens with one attached hydrogen (secondary N) is 2. The number of hydrogen-bond donors (Lipinski definition) is 3. The van der Waals surface area contributed by atoms with Crippen molar-refractivity contribution < 1.29 is 13.2 Å². The van der Waals surface area contributed by atoms with E-state index >= 15 is 0 Å². The van der Waals surface area contributed by atoms with E-state index in [1.165, 1.54) is 12.1 Å². The molecule has 0 aromatic heterocycles. The Morgan fingerprint density at radius 2 is 2.00 bits per heavy atom. The smallest absolute Gasteiger partial charge is 0.252 e. The third-order valence-corrected chi connectivity index (χ3v) is 4.59. The summed E-state index contributed by atoms with van der Waals surface area (Å²) in [6, 6.07) is 2.80. The van der Waals surface area contributed by atoms with Gasteiger partial charge in [0.1, 0.15) is 0 Å². The van der Waals surface area contributed by atoms with E-state index in [2.05, 4.69) is 10.0 Å². The van der Waals surface area contributed by atoms with Crippen molar-refractivity contribution in [2.45, 2.75) is 6.92 Å². The number of carbonyl (C=O) groups excluding carboxylic acids is 1. The molecule has 0 saturated carbocycles. The lowest BCUT2D eigenvalue weighted by Gasteiger charge is -2.09. The Kier molecular flexibility index (Phi) is 6.07. The molecular formula is C11H15Cl2N3O3S.